The standard InChI is InChI=1S/C19H40O6/c1-3-5-6-19(4-2)7-9-21-11-13-23-15-17-25-18-16-24-14-12-22-10-8-20/h19-20H,3-18H2,1-2H3. The van der Waals surface area contributed by atoms with Crippen LogP contribution >= 0.6 is 0 Å². The van der Waals surface area contributed by atoms with Gasteiger partial charge in [-0.3, -0.25) is 0 Å². The molecule has 152 valence electrons. The van der Waals surface area contributed by atoms with Crippen molar-refractivity contribution >= 4 is 0 Å². The second kappa shape index (κ2) is 21.8. The van der Waals surface area contributed by atoms with Crippen molar-refractivity contribution in [2.24, 2.45) is 5.92 Å². The molecule has 0 saturated heterocycles. The predicted molar refractivity (Wildman–Crippen MR) is 99.1 cm³/mol. The van der Waals surface area contributed by atoms with Gasteiger partial charge in [0.1, 0.15) is 0 Å². The lowest BCUT2D eigenvalue weighted by Gasteiger charge is -2.14. The van der Waals surface area contributed by atoms with Crippen LogP contribution in [0, 0.1) is 5.92 Å². The number of unbranched alkanes of at least 4 members (excludes halogenated alkanes) is 1. The molecule has 0 aromatic carbocycles. The molecule has 1 unspecified atom stereocenters. The molecule has 25 heavy (non-hydrogen) atoms. The number of hydrogen-bond donors (Lipinski definition) is 1. The fraction of sp³-hybridized carbons (Fsp3) is 1.00. The normalized spacial score (nSPS) is 12.6. The summed E-state index contributed by atoms with van der Waals surface area (Å²) in [6.45, 7) is 10.3. The fourth-order valence-corrected chi connectivity index (χ4v) is 2.34. The van der Waals surface area contributed by atoms with Gasteiger partial charge in [0.25, 0.3) is 0 Å². The van der Waals surface area contributed by atoms with Gasteiger partial charge < -0.3 is 28.8 Å². The molecule has 0 fully saturated rings. The van der Waals surface area contributed by atoms with Gasteiger partial charge in [-0.15, -0.1) is 0 Å². The van der Waals surface area contributed by atoms with Gasteiger partial charge in [0.15, 0.2) is 0 Å². The summed E-state index contributed by atoms with van der Waals surface area (Å²) in [7, 11) is 0. The van der Waals surface area contributed by atoms with E-state index >= 15 is 0 Å². The lowest BCUT2D eigenvalue weighted by molar-refractivity contribution is -0.0139. The summed E-state index contributed by atoms with van der Waals surface area (Å²) in [6.07, 6.45) is 6.33. The summed E-state index contributed by atoms with van der Waals surface area (Å²) in [6, 6.07) is 0. The Balaban J connectivity index is 3.11. The van der Waals surface area contributed by atoms with Crippen LogP contribution in [0.25, 0.3) is 0 Å². The Morgan fingerprint density at radius 3 is 1.44 bits per heavy atom. The number of aliphatic hydroxyl groups is 1. The van der Waals surface area contributed by atoms with Gasteiger partial charge in [-0.1, -0.05) is 39.5 Å². The Hall–Kier alpha value is -0.240. The van der Waals surface area contributed by atoms with E-state index in [0.717, 1.165) is 18.9 Å². The lowest BCUT2D eigenvalue weighted by Crippen LogP contribution is -2.14. The molecule has 0 rings (SSSR count). The van der Waals surface area contributed by atoms with Crippen LogP contribution in [0.15, 0.2) is 0 Å². The SMILES string of the molecule is CCCCC(CC)CCOCCOCCOCCOCCOCCO. The van der Waals surface area contributed by atoms with Crippen molar-refractivity contribution in [2.45, 2.75) is 46.0 Å². The highest BCUT2D eigenvalue weighted by Gasteiger charge is 2.05. The molecule has 0 spiro atoms. The van der Waals surface area contributed by atoms with E-state index in [2.05, 4.69) is 13.8 Å². The minimum absolute atomic E-state index is 0.0480. The van der Waals surface area contributed by atoms with Gasteiger partial charge in [-0.25, -0.2) is 0 Å². The van der Waals surface area contributed by atoms with Gasteiger partial charge in [0, 0.05) is 6.61 Å². The average Bonchev–Trinajstić information content (AvgIpc) is 2.63. The van der Waals surface area contributed by atoms with Crippen LogP contribution in [0.4, 0.5) is 0 Å². The van der Waals surface area contributed by atoms with Crippen molar-refractivity contribution in [3.63, 3.8) is 0 Å². The van der Waals surface area contributed by atoms with Gasteiger partial charge in [-0.2, -0.15) is 0 Å². The fourth-order valence-electron chi connectivity index (χ4n) is 2.34. The third-order valence-electron chi connectivity index (χ3n) is 3.94. The maximum absolute atomic E-state index is 8.53. The molecular formula is C19H40O6. The van der Waals surface area contributed by atoms with Crippen LogP contribution in [0.1, 0.15) is 46.0 Å². The number of ether oxygens (including phenoxy) is 5. The summed E-state index contributed by atoms with van der Waals surface area (Å²) in [5.41, 5.74) is 0. The Morgan fingerprint density at radius 2 is 1.04 bits per heavy atom. The van der Waals surface area contributed by atoms with Crippen LogP contribution in [-0.2, 0) is 23.7 Å². The van der Waals surface area contributed by atoms with E-state index < -0.39 is 0 Å². The molecule has 6 nitrogen and oxygen atoms in total. The first-order valence-electron chi connectivity index (χ1n) is 9.84. The second-order valence-electron chi connectivity index (χ2n) is 5.99. The maximum atomic E-state index is 8.53. The van der Waals surface area contributed by atoms with Gasteiger partial charge in [0.2, 0.25) is 0 Å². The molecule has 0 amide bonds. The first-order valence-corrected chi connectivity index (χ1v) is 9.84. The van der Waals surface area contributed by atoms with Gasteiger partial charge in [-0.05, 0) is 12.3 Å². The molecule has 0 aromatic heterocycles. The molecule has 0 aromatic rings. The van der Waals surface area contributed by atoms with E-state index in [1.807, 2.05) is 0 Å². The Morgan fingerprint density at radius 1 is 0.600 bits per heavy atom. The van der Waals surface area contributed by atoms with Crippen LogP contribution in [0.5, 0.6) is 0 Å². The Bertz CT molecular complexity index is 240. The van der Waals surface area contributed by atoms with Crippen molar-refractivity contribution in [1.82, 2.24) is 0 Å². The lowest BCUT2D eigenvalue weighted by atomic mass is 9.96. The molecule has 0 aliphatic carbocycles. The Kier molecular flexibility index (Phi) is 21.6. The molecule has 0 saturated carbocycles. The minimum Gasteiger partial charge on any atom is -0.394 e. The highest BCUT2D eigenvalue weighted by Crippen LogP contribution is 2.16. The summed E-state index contributed by atoms with van der Waals surface area (Å²) in [4.78, 5) is 0. The van der Waals surface area contributed by atoms with E-state index in [0.29, 0.717) is 59.5 Å². The van der Waals surface area contributed by atoms with Crippen molar-refractivity contribution in [3.8, 4) is 0 Å². The van der Waals surface area contributed by atoms with Crippen LogP contribution < -0.4 is 0 Å². The Labute approximate surface area is 154 Å². The van der Waals surface area contributed by atoms with E-state index in [1.165, 1.54) is 25.7 Å². The molecular weight excluding hydrogens is 324 g/mol. The third-order valence-corrected chi connectivity index (χ3v) is 3.94. The summed E-state index contributed by atoms with van der Waals surface area (Å²) in [5, 5.41) is 8.53. The molecule has 0 radical (unpaired) electrons. The molecule has 1 atom stereocenters. The number of aliphatic hydroxyl groups excluding tert-OH is 1. The van der Waals surface area contributed by atoms with Gasteiger partial charge >= 0.3 is 0 Å². The second-order valence-corrected chi connectivity index (χ2v) is 5.99. The summed E-state index contributed by atoms with van der Waals surface area (Å²) < 4.78 is 26.9. The summed E-state index contributed by atoms with van der Waals surface area (Å²) >= 11 is 0. The number of hydrogen-bond acceptors (Lipinski definition) is 6. The quantitative estimate of drug-likeness (QED) is 0.316. The zero-order chi connectivity index (χ0) is 18.4. The third kappa shape index (κ3) is 19.9. The van der Waals surface area contributed by atoms with E-state index in [1.54, 1.807) is 0 Å². The first-order chi connectivity index (χ1) is 12.3. The molecule has 0 aliphatic rings. The van der Waals surface area contributed by atoms with Crippen LogP contribution in [0.3, 0.4) is 0 Å². The molecule has 6 heteroatoms. The smallest absolute Gasteiger partial charge is 0.0701 e. The molecule has 0 bridgehead atoms. The van der Waals surface area contributed by atoms with Gasteiger partial charge in [0.05, 0.1) is 66.1 Å². The predicted octanol–water partition coefficient (Wildman–Crippen LogP) is 2.67. The monoisotopic (exact) mass is 364 g/mol. The largest absolute Gasteiger partial charge is 0.394 e. The van der Waals surface area contributed by atoms with E-state index in [-0.39, 0.29) is 6.61 Å². The molecule has 0 aliphatic heterocycles. The van der Waals surface area contributed by atoms with E-state index in [9.17, 15) is 0 Å². The van der Waals surface area contributed by atoms with Crippen molar-refractivity contribution in [2.75, 3.05) is 72.7 Å². The van der Waals surface area contributed by atoms with Crippen LogP contribution in [-0.4, -0.2) is 77.8 Å². The first kappa shape index (κ1) is 24.8. The highest BCUT2D eigenvalue weighted by atomic mass is 16.6. The summed E-state index contributed by atoms with van der Waals surface area (Å²) in [5.74, 6) is 0.803. The van der Waals surface area contributed by atoms with E-state index in [4.69, 9.17) is 28.8 Å². The van der Waals surface area contributed by atoms with Crippen LogP contribution in [0.2, 0.25) is 0 Å². The van der Waals surface area contributed by atoms with Crippen molar-refractivity contribution < 1.29 is 28.8 Å². The maximum Gasteiger partial charge on any atom is 0.0701 e. The molecule has 1 N–H and O–H groups in total. The van der Waals surface area contributed by atoms with Crippen molar-refractivity contribution in [1.29, 1.82) is 0 Å². The van der Waals surface area contributed by atoms with Crippen molar-refractivity contribution in [3.05, 3.63) is 0 Å². The highest BCUT2D eigenvalue weighted by molar-refractivity contribution is 4.56. The minimum atomic E-state index is 0.0480. The topological polar surface area (TPSA) is 66.4 Å². The number of rotatable bonds is 21. The zero-order valence-corrected chi connectivity index (χ0v) is 16.4. The molecule has 0 heterocycles. The average molecular weight is 365 g/mol. The zero-order valence-electron chi connectivity index (χ0n) is 16.4.